The van der Waals surface area contributed by atoms with E-state index in [0.29, 0.717) is 24.5 Å². The monoisotopic (exact) mass is 327 g/mol. The minimum atomic E-state index is -0.0556. The number of hydrogen-bond donors (Lipinski definition) is 2. The molecule has 0 aromatic carbocycles. The van der Waals surface area contributed by atoms with Gasteiger partial charge in [0.05, 0.1) is 0 Å². The molecule has 3 aromatic heterocycles. The molecule has 0 atom stereocenters. The van der Waals surface area contributed by atoms with Crippen LogP contribution in [0.2, 0.25) is 0 Å². The van der Waals surface area contributed by atoms with Crippen molar-refractivity contribution in [3.63, 3.8) is 0 Å². The summed E-state index contributed by atoms with van der Waals surface area (Å²) < 4.78 is 1.93. The first kappa shape index (κ1) is 15.2. The van der Waals surface area contributed by atoms with Crippen molar-refractivity contribution >= 4 is 23.1 Å². The fourth-order valence-electron chi connectivity index (χ4n) is 2.12. The van der Waals surface area contributed by atoms with Gasteiger partial charge in [0, 0.05) is 42.5 Å². The highest BCUT2D eigenvalue weighted by Crippen LogP contribution is 2.11. The second-order valence-corrected chi connectivity index (χ2v) is 5.72. The van der Waals surface area contributed by atoms with Crippen molar-refractivity contribution in [2.45, 2.75) is 6.92 Å². The van der Waals surface area contributed by atoms with Crippen LogP contribution in [-0.2, 0) is 0 Å². The fourth-order valence-corrected chi connectivity index (χ4v) is 2.76. The van der Waals surface area contributed by atoms with Gasteiger partial charge >= 0.3 is 0 Å². The number of anilines is 1. The van der Waals surface area contributed by atoms with E-state index in [4.69, 9.17) is 0 Å². The van der Waals surface area contributed by atoms with E-state index in [0.717, 1.165) is 11.6 Å². The molecule has 0 saturated carbocycles. The van der Waals surface area contributed by atoms with Crippen molar-refractivity contribution < 1.29 is 4.79 Å². The zero-order valence-corrected chi connectivity index (χ0v) is 13.5. The molecular formula is C16H17N5OS. The minimum Gasteiger partial charge on any atom is -0.368 e. The molecule has 6 nitrogen and oxygen atoms in total. The molecule has 3 aromatic rings. The molecule has 0 radical (unpaired) electrons. The number of amides is 1. The van der Waals surface area contributed by atoms with E-state index in [2.05, 4.69) is 20.6 Å². The molecule has 7 heteroatoms. The SMILES string of the molecule is Cc1nc(NCCNC(=O)c2ccsc2)cc(-n2cccc2)n1. The van der Waals surface area contributed by atoms with Crippen molar-refractivity contribution in [2.24, 2.45) is 0 Å². The first-order valence-electron chi connectivity index (χ1n) is 7.26. The summed E-state index contributed by atoms with van der Waals surface area (Å²) in [6.07, 6.45) is 3.87. The van der Waals surface area contributed by atoms with E-state index in [1.165, 1.54) is 11.3 Å². The lowest BCUT2D eigenvalue weighted by Gasteiger charge is -2.09. The van der Waals surface area contributed by atoms with Gasteiger partial charge in [-0.1, -0.05) is 0 Å². The second kappa shape index (κ2) is 7.06. The van der Waals surface area contributed by atoms with Gasteiger partial charge in [-0.15, -0.1) is 0 Å². The summed E-state index contributed by atoms with van der Waals surface area (Å²) in [5, 5.41) is 9.80. The van der Waals surface area contributed by atoms with E-state index < -0.39 is 0 Å². The van der Waals surface area contributed by atoms with Crippen molar-refractivity contribution in [3.05, 3.63) is 58.8 Å². The molecule has 3 rings (SSSR count). The van der Waals surface area contributed by atoms with Crippen LogP contribution in [0.4, 0.5) is 5.82 Å². The summed E-state index contributed by atoms with van der Waals surface area (Å²) in [7, 11) is 0. The van der Waals surface area contributed by atoms with E-state index in [1.807, 2.05) is 58.9 Å². The summed E-state index contributed by atoms with van der Waals surface area (Å²) in [6.45, 7) is 2.98. The number of nitrogens with one attached hydrogen (secondary N) is 2. The Bertz CT molecular complexity index is 768. The Morgan fingerprint density at radius 2 is 2.09 bits per heavy atom. The van der Waals surface area contributed by atoms with Gasteiger partial charge in [0.1, 0.15) is 17.5 Å². The lowest BCUT2D eigenvalue weighted by molar-refractivity contribution is 0.0955. The lowest BCUT2D eigenvalue weighted by Crippen LogP contribution is -2.28. The molecule has 0 aliphatic heterocycles. The largest absolute Gasteiger partial charge is 0.368 e. The number of carbonyl (C=O) groups excluding carboxylic acids is 1. The Balaban J connectivity index is 1.55. The van der Waals surface area contributed by atoms with E-state index in [9.17, 15) is 4.79 Å². The minimum absolute atomic E-state index is 0.0556. The predicted molar refractivity (Wildman–Crippen MR) is 91.2 cm³/mol. The molecule has 118 valence electrons. The van der Waals surface area contributed by atoms with Crippen molar-refractivity contribution in [3.8, 4) is 5.82 Å². The third kappa shape index (κ3) is 3.95. The molecule has 0 unspecified atom stereocenters. The molecule has 0 aliphatic carbocycles. The number of aromatic nitrogens is 3. The third-order valence-corrected chi connectivity index (χ3v) is 3.88. The average molecular weight is 327 g/mol. The molecular weight excluding hydrogens is 310 g/mol. The van der Waals surface area contributed by atoms with Crippen LogP contribution in [0.3, 0.4) is 0 Å². The maximum atomic E-state index is 11.8. The Kier molecular flexibility index (Phi) is 4.68. The van der Waals surface area contributed by atoms with Gasteiger partial charge in [0.25, 0.3) is 5.91 Å². The van der Waals surface area contributed by atoms with Gasteiger partial charge in [-0.3, -0.25) is 4.79 Å². The van der Waals surface area contributed by atoms with E-state index >= 15 is 0 Å². The number of carbonyl (C=O) groups is 1. The molecule has 1 amide bonds. The Hall–Kier alpha value is -2.67. The number of rotatable bonds is 6. The Morgan fingerprint density at radius 1 is 1.26 bits per heavy atom. The van der Waals surface area contributed by atoms with Gasteiger partial charge in [-0.2, -0.15) is 11.3 Å². The van der Waals surface area contributed by atoms with Crippen LogP contribution in [0, 0.1) is 6.92 Å². The summed E-state index contributed by atoms with van der Waals surface area (Å²) in [5.41, 5.74) is 0.697. The number of hydrogen-bond acceptors (Lipinski definition) is 5. The van der Waals surface area contributed by atoms with Crippen LogP contribution in [0.5, 0.6) is 0 Å². The summed E-state index contributed by atoms with van der Waals surface area (Å²) in [5.74, 6) is 2.19. The van der Waals surface area contributed by atoms with Crippen LogP contribution in [0.15, 0.2) is 47.4 Å². The van der Waals surface area contributed by atoms with Gasteiger partial charge in [-0.05, 0) is 30.5 Å². The van der Waals surface area contributed by atoms with Gasteiger partial charge in [0.2, 0.25) is 0 Å². The highest BCUT2D eigenvalue weighted by Gasteiger charge is 2.05. The van der Waals surface area contributed by atoms with E-state index in [-0.39, 0.29) is 5.91 Å². The summed E-state index contributed by atoms with van der Waals surface area (Å²) >= 11 is 1.51. The Morgan fingerprint density at radius 3 is 2.83 bits per heavy atom. The van der Waals surface area contributed by atoms with Gasteiger partial charge < -0.3 is 15.2 Å². The molecule has 3 heterocycles. The number of nitrogens with zero attached hydrogens (tertiary/aromatic N) is 3. The quantitative estimate of drug-likeness (QED) is 0.682. The first-order chi connectivity index (χ1) is 11.2. The lowest BCUT2D eigenvalue weighted by atomic mass is 10.3. The highest BCUT2D eigenvalue weighted by molar-refractivity contribution is 7.08. The highest BCUT2D eigenvalue weighted by atomic mass is 32.1. The normalized spacial score (nSPS) is 10.5. The number of aryl methyl sites for hydroxylation is 1. The third-order valence-electron chi connectivity index (χ3n) is 3.19. The molecule has 2 N–H and O–H groups in total. The summed E-state index contributed by atoms with van der Waals surface area (Å²) in [4.78, 5) is 20.6. The van der Waals surface area contributed by atoms with Gasteiger partial charge in [0.15, 0.2) is 0 Å². The fraction of sp³-hybridized carbons (Fsp3) is 0.188. The smallest absolute Gasteiger partial charge is 0.252 e. The topological polar surface area (TPSA) is 71.8 Å². The van der Waals surface area contributed by atoms with Crippen LogP contribution >= 0.6 is 11.3 Å². The molecule has 0 fully saturated rings. The average Bonchev–Trinajstić information content (AvgIpc) is 3.23. The maximum absolute atomic E-state index is 11.8. The molecule has 23 heavy (non-hydrogen) atoms. The number of thiophene rings is 1. The predicted octanol–water partition coefficient (Wildman–Crippen LogP) is 2.48. The standard InChI is InChI=1S/C16H17N5OS/c1-12-19-14(10-15(20-12)21-7-2-3-8-21)17-5-6-18-16(22)13-4-9-23-11-13/h2-4,7-11H,5-6H2,1H3,(H,18,22)(H,17,19,20). The zero-order chi connectivity index (χ0) is 16.1. The molecule has 0 bridgehead atoms. The van der Waals surface area contributed by atoms with E-state index in [1.54, 1.807) is 0 Å². The van der Waals surface area contributed by atoms with Gasteiger partial charge in [-0.25, -0.2) is 9.97 Å². The van der Waals surface area contributed by atoms with Crippen molar-refractivity contribution in [1.29, 1.82) is 0 Å². The zero-order valence-electron chi connectivity index (χ0n) is 12.7. The van der Waals surface area contributed by atoms with Crippen LogP contribution < -0.4 is 10.6 Å². The van der Waals surface area contributed by atoms with Crippen LogP contribution in [0.1, 0.15) is 16.2 Å². The molecule has 0 saturated heterocycles. The van der Waals surface area contributed by atoms with Crippen LogP contribution in [-0.4, -0.2) is 33.5 Å². The molecule has 0 spiro atoms. The van der Waals surface area contributed by atoms with Crippen molar-refractivity contribution in [1.82, 2.24) is 19.9 Å². The summed E-state index contributed by atoms with van der Waals surface area (Å²) in [6, 6.07) is 7.59. The first-order valence-corrected chi connectivity index (χ1v) is 8.20. The second-order valence-electron chi connectivity index (χ2n) is 4.94. The van der Waals surface area contributed by atoms with Crippen LogP contribution in [0.25, 0.3) is 5.82 Å². The van der Waals surface area contributed by atoms with Crippen molar-refractivity contribution in [2.75, 3.05) is 18.4 Å². The maximum Gasteiger partial charge on any atom is 0.252 e. The molecule has 0 aliphatic rings. The Labute approximate surface area is 138 Å².